The van der Waals surface area contributed by atoms with Crippen molar-refractivity contribution >= 4 is 29.3 Å². The molecule has 78 valence electrons. The van der Waals surface area contributed by atoms with E-state index < -0.39 is 0 Å². The molecule has 0 unspecified atom stereocenters. The van der Waals surface area contributed by atoms with Gasteiger partial charge in [-0.2, -0.15) is 0 Å². The normalized spacial score (nSPS) is 6.55. The Morgan fingerprint density at radius 3 is 0.545 bits per heavy atom. The molecule has 0 saturated heterocycles. The molecule has 0 radical (unpaired) electrons. The zero-order chi connectivity index (χ0) is 7.15. The van der Waals surface area contributed by atoms with Crippen LogP contribution < -0.4 is 0 Å². The van der Waals surface area contributed by atoms with Crippen molar-refractivity contribution in [1.82, 2.24) is 0 Å². The molecule has 0 aromatic rings. The average Bonchev–Trinajstić information content (AvgIpc) is 1.25. The summed E-state index contributed by atoms with van der Waals surface area (Å²) in [6, 6.07) is 0. The molecule has 0 amide bonds. The van der Waals surface area contributed by atoms with E-state index in [1.807, 2.05) is 0 Å². The molecule has 0 rings (SSSR count). The van der Waals surface area contributed by atoms with Gasteiger partial charge in [-0.1, -0.05) is 0 Å². The van der Waals surface area contributed by atoms with Crippen LogP contribution in [0.25, 0.3) is 0 Å². The van der Waals surface area contributed by atoms with Crippen LogP contribution >= 0.6 is 0 Å². The summed E-state index contributed by atoms with van der Waals surface area (Å²) in [5.41, 5.74) is 13.9. The topological polar surface area (TPSA) is 63.0 Å². The van der Waals surface area contributed by atoms with Gasteiger partial charge in [0.25, 0.3) is 0 Å². The molecule has 0 aliphatic carbocycles. The first-order chi connectivity index (χ1) is 3.46. The van der Waals surface area contributed by atoms with Gasteiger partial charge in [-0.25, -0.2) is 0 Å². The van der Waals surface area contributed by atoms with Gasteiger partial charge in [0.15, 0.2) is 0 Å². The fraction of sp³-hybridized carbons (Fsp3) is 1.00. The minimum atomic E-state index is -0.188. The van der Waals surface area contributed by atoms with Crippen LogP contribution in [0.2, 0.25) is 34.3 Å². The number of hydrogen-bond acceptors (Lipinski definition) is 0. The molecule has 0 aliphatic heterocycles. The maximum absolute atomic E-state index is 2.31. The summed E-state index contributed by atoms with van der Waals surface area (Å²) in [5.74, 6) is 0. The Hall–Kier alpha value is 1.73. The van der Waals surface area contributed by atoms with Gasteiger partial charge < -0.3 is 11.0 Å². The van der Waals surface area contributed by atoms with Crippen LogP contribution in [-0.2, 0) is 21.1 Å². The monoisotopic (exact) mass is 471 g/mol. The number of hydrogen-bond donors (Lipinski definition) is 0. The predicted octanol–water partition coefficient (Wildman–Crippen LogP) is 1.09. The molecular weight excluding hydrogens is 449 g/mol. The molecule has 0 saturated carbocycles. The van der Waals surface area contributed by atoms with Gasteiger partial charge in [-0.3, -0.25) is 0 Å². The van der Waals surface area contributed by atoms with Gasteiger partial charge in [0.1, 0.15) is 0 Å². The van der Waals surface area contributed by atoms with Crippen LogP contribution in [0.5, 0.6) is 0 Å². The van der Waals surface area contributed by atoms with Gasteiger partial charge in [0.05, 0.1) is 0 Å². The van der Waals surface area contributed by atoms with Gasteiger partial charge in [0, 0.05) is 21.1 Å². The van der Waals surface area contributed by atoms with E-state index in [9.17, 15) is 0 Å². The zero-order valence-corrected chi connectivity index (χ0v) is 14.2. The Kier molecular flexibility index (Phi) is 60.2. The van der Waals surface area contributed by atoms with E-state index in [2.05, 4.69) is 34.3 Å². The molecule has 0 fully saturated rings. The zero-order valence-electron chi connectivity index (χ0n) is 8.21. The van der Waals surface area contributed by atoms with E-state index in [0.29, 0.717) is 0 Å². The molecule has 2 nitrogen and oxygen atoms in total. The molecule has 4 N–H and O–H groups in total. The summed E-state index contributed by atoms with van der Waals surface area (Å²) >= 11 is -0.375. The molecule has 0 heterocycles. The smallest absolute Gasteiger partial charge is 0 e. The Labute approximate surface area is 94.9 Å². The summed E-state index contributed by atoms with van der Waals surface area (Å²) in [6.45, 7) is 0. The first-order valence-corrected chi connectivity index (χ1v) is 13.9. The van der Waals surface area contributed by atoms with Crippen LogP contribution in [-0.4, -0.2) is 40.3 Å². The van der Waals surface area contributed by atoms with Crippen LogP contribution in [0.4, 0.5) is 0 Å². The molecule has 0 aromatic carbocycles. The van der Waals surface area contributed by atoms with Gasteiger partial charge in [-0.15, -0.1) is 0 Å². The average molecular weight is 471 g/mol. The van der Waals surface area contributed by atoms with Crippen molar-refractivity contribution in [2.45, 2.75) is 34.3 Å². The Bertz CT molecular complexity index is 34.1. The maximum atomic E-state index is 2.31. The van der Waals surface area contributed by atoms with Crippen LogP contribution in [0.3, 0.4) is 0 Å². The second kappa shape index (κ2) is 22.6. The van der Waals surface area contributed by atoms with E-state index in [4.69, 9.17) is 0 Å². The SMILES string of the molecule is C[As](C)C.C[As](C)C.O.O.[Pt]. The van der Waals surface area contributed by atoms with Crippen LogP contribution in [0.15, 0.2) is 0 Å². The third kappa shape index (κ3) is 373. The molecule has 0 aliphatic rings. The fourth-order valence-electron chi connectivity index (χ4n) is 0. The Morgan fingerprint density at radius 1 is 0.545 bits per heavy atom. The Morgan fingerprint density at radius 2 is 0.545 bits per heavy atom. The first-order valence-electron chi connectivity index (χ1n) is 2.68. The quantitative estimate of drug-likeness (QED) is 0.476. The second-order valence-corrected chi connectivity index (χ2v) is 13.9. The second-order valence-electron chi connectivity index (χ2n) is 2.68. The minimum Gasteiger partial charge on any atom is -0.412 e. The molecule has 11 heavy (non-hydrogen) atoms. The van der Waals surface area contributed by atoms with Crippen molar-refractivity contribution in [2.24, 2.45) is 0 Å². The first kappa shape index (κ1) is 29.3. The number of rotatable bonds is 0. The third-order valence-corrected chi connectivity index (χ3v) is 0. The van der Waals surface area contributed by atoms with Gasteiger partial charge >= 0.3 is 63.6 Å². The van der Waals surface area contributed by atoms with Crippen LogP contribution in [0.1, 0.15) is 0 Å². The predicted molar refractivity (Wildman–Crippen MR) is 53.9 cm³/mol. The molecule has 0 spiro atoms. The summed E-state index contributed by atoms with van der Waals surface area (Å²) in [4.78, 5) is 0. The summed E-state index contributed by atoms with van der Waals surface area (Å²) in [7, 11) is 0. The Balaban J connectivity index is -0.0000000171. The van der Waals surface area contributed by atoms with E-state index in [0.717, 1.165) is 0 Å². The van der Waals surface area contributed by atoms with Gasteiger partial charge in [0.2, 0.25) is 0 Å². The van der Waals surface area contributed by atoms with Crippen molar-refractivity contribution in [1.29, 1.82) is 0 Å². The minimum absolute atomic E-state index is 0. The third-order valence-electron chi connectivity index (χ3n) is 0. The molecular formula is C6H22As2O2Pt. The fourth-order valence-corrected chi connectivity index (χ4v) is 0. The maximum Gasteiger partial charge on any atom is 0 e. The summed E-state index contributed by atoms with van der Waals surface area (Å²) in [6.07, 6.45) is 0. The van der Waals surface area contributed by atoms with Crippen molar-refractivity contribution in [3.8, 4) is 0 Å². The molecule has 0 aromatic heterocycles. The van der Waals surface area contributed by atoms with E-state index in [1.54, 1.807) is 0 Å². The molecule has 0 bridgehead atoms. The van der Waals surface area contributed by atoms with E-state index in [-0.39, 0.29) is 61.3 Å². The van der Waals surface area contributed by atoms with Crippen molar-refractivity contribution < 1.29 is 32.0 Å². The van der Waals surface area contributed by atoms with Crippen LogP contribution in [0, 0.1) is 0 Å². The van der Waals surface area contributed by atoms with Crippen molar-refractivity contribution in [3.05, 3.63) is 0 Å². The largest absolute Gasteiger partial charge is 0.412 e. The summed E-state index contributed by atoms with van der Waals surface area (Å²) in [5, 5.41) is 0. The van der Waals surface area contributed by atoms with E-state index in [1.165, 1.54) is 0 Å². The van der Waals surface area contributed by atoms with E-state index >= 15 is 0 Å². The standard InChI is InChI=1S/2C3H9As.2H2O.Pt/c2*1-4(2)3;;;/h2*1-3H3;2*1H2;. The molecule has 0 atom stereocenters. The van der Waals surface area contributed by atoms with Gasteiger partial charge in [-0.05, 0) is 0 Å². The summed E-state index contributed by atoms with van der Waals surface area (Å²) < 4.78 is 0. The van der Waals surface area contributed by atoms with Crippen molar-refractivity contribution in [2.75, 3.05) is 0 Å². The van der Waals surface area contributed by atoms with Crippen molar-refractivity contribution in [3.63, 3.8) is 0 Å². The molecule has 5 heteroatoms.